The number of aromatic nitrogens is 2. The van der Waals surface area contributed by atoms with Gasteiger partial charge in [-0.3, -0.25) is 4.68 Å². The fraction of sp³-hybridized carbons (Fsp3) is 0.769. The first-order valence-corrected chi connectivity index (χ1v) is 6.37. The van der Waals surface area contributed by atoms with E-state index in [2.05, 4.69) is 49.0 Å². The molecular formula is C13H25N3. The third kappa shape index (κ3) is 4.35. The van der Waals surface area contributed by atoms with Gasteiger partial charge in [0, 0.05) is 24.8 Å². The number of nitrogens with one attached hydrogen (secondary N) is 1. The maximum absolute atomic E-state index is 4.54. The van der Waals surface area contributed by atoms with Gasteiger partial charge in [-0.25, -0.2) is 0 Å². The minimum Gasteiger partial charge on any atom is -0.313 e. The van der Waals surface area contributed by atoms with Crippen molar-refractivity contribution in [3.63, 3.8) is 0 Å². The minimum absolute atomic E-state index is 0.742. The molecule has 0 amide bonds. The summed E-state index contributed by atoms with van der Waals surface area (Å²) in [7, 11) is 0. The van der Waals surface area contributed by atoms with Gasteiger partial charge < -0.3 is 5.32 Å². The molecule has 3 nitrogen and oxygen atoms in total. The smallest absolute Gasteiger partial charge is 0.0638 e. The second kappa shape index (κ2) is 6.69. The van der Waals surface area contributed by atoms with Crippen LogP contribution in [-0.2, 0) is 13.1 Å². The van der Waals surface area contributed by atoms with Gasteiger partial charge in [-0.15, -0.1) is 0 Å². The van der Waals surface area contributed by atoms with E-state index in [-0.39, 0.29) is 0 Å². The van der Waals surface area contributed by atoms with Gasteiger partial charge >= 0.3 is 0 Å². The molecule has 1 N–H and O–H groups in total. The van der Waals surface area contributed by atoms with Crippen LogP contribution in [0, 0.1) is 12.8 Å². The molecule has 1 heterocycles. The first-order chi connectivity index (χ1) is 7.63. The predicted octanol–water partition coefficient (Wildman–Crippen LogP) is 2.74. The molecule has 0 aliphatic rings. The number of rotatable bonds is 7. The highest BCUT2D eigenvalue weighted by Crippen LogP contribution is 2.08. The fourth-order valence-corrected chi connectivity index (χ4v) is 1.64. The summed E-state index contributed by atoms with van der Waals surface area (Å²) in [6, 6.07) is 0. The van der Waals surface area contributed by atoms with Gasteiger partial charge in [0.1, 0.15) is 0 Å². The summed E-state index contributed by atoms with van der Waals surface area (Å²) in [6.45, 7) is 11.8. The van der Waals surface area contributed by atoms with E-state index in [1.165, 1.54) is 18.4 Å². The highest BCUT2D eigenvalue weighted by Gasteiger charge is 2.04. The average molecular weight is 223 g/mol. The van der Waals surface area contributed by atoms with Gasteiger partial charge in [-0.1, -0.05) is 20.8 Å². The second-order valence-corrected chi connectivity index (χ2v) is 4.86. The highest BCUT2D eigenvalue weighted by atomic mass is 15.3. The number of nitrogens with zero attached hydrogens (tertiary/aromatic N) is 2. The Balaban J connectivity index is 2.46. The fourth-order valence-electron chi connectivity index (χ4n) is 1.64. The van der Waals surface area contributed by atoms with Crippen molar-refractivity contribution in [2.75, 3.05) is 6.54 Å². The average Bonchev–Trinajstić information content (AvgIpc) is 2.57. The lowest BCUT2D eigenvalue weighted by Crippen LogP contribution is -2.13. The van der Waals surface area contributed by atoms with Crippen molar-refractivity contribution in [2.24, 2.45) is 5.92 Å². The molecule has 0 radical (unpaired) electrons. The molecule has 92 valence electrons. The molecule has 0 fully saturated rings. The zero-order valence-electron chi connectivity index (χ0n) is 11.1. The molecule has 0 unspecified atom stereocenters. The Labute approximate surface area is 99.2 Å². The summed E-state index contributed by atoms with van der Waals surface area (Å²) in [6.07, 6.45) is 4.56. The number of aryl methyl sites for hydroxylation is 2. The van der Waals surface area contributed by atoms with Crippen LogP contribution in [0.25, 0.3) is 0 Å². The Hall–Kier alpha value is -0.830. The molecule has 0 saturated heterocycles. The van der Waals surface area contributed by atoms with E-state index in [0.717, 1.165) is 31.2 Å². The molecule has 0 aliphatic heterocycles. The lowest BCUT2D eigenvalue weighted by atomic mass is 10.1. The van der Waals surface area contributed by atoms with Crippen LogP contribution in [0.5, 0.6) is 0 Å². The summed E-state index contributed by atoms with van der Waals surface area (Å²) in [5.74, 6) is 0.742. The van der Waals surface area contributed by atoms with Crippen LogP contribution in [0.2, 0.25) is 0 Å². The van der Waals surface area contributed by atoms with Crippen molar-refractivity contribution >= 4 is 0 Å². The monoisotopic (exact) mass is 223 g/mol. The van der Waals surface area contributed by atoms with Crippen LogP contribution >= 0.6 is 0 Å². The first-order valence-electron chi connectivity index (χ1n) is 6.37. The van der Waals surface area contributed by atoms with Gasteiger partial charge in [0.25, 0.3) is 0 Å². The van der Waals surface area contributed by atoms with E-state index < -0.39 is 0 Å². The third-order valence-corrected chi connectivity index (χ3v) is 2.73. The molecule has 16 heavy (non-hydrogen) atoms. The van der Waals surface area contributed by atoms with Crippen molar-refractivity contribution in [1.29, 1.82) is 0 Å². The quantitative estimate of drug-likeness (QED) is 0.720. The van der Waals surface area contributed by atoms with Crippen molar-refractivity contribution in [3.05, 3.63) is 17.5 Å². The molecule has 0 spiro atoms. The standard InChI is InChI=1S/C13H25N3/c1-5-7-14-9-13-10-16(15-12(13)4)8-6-11(2)3/h10-11,14H,5-9H2,1-4H3. The molecule has 0 saturated carbocycles. The van der Waals surface area contributed by atoms with Gasteiger partial charge in [-0.2, -0.15) is 5.10 Å². The summed E-state index contributed by atoms with van der Waals surface area (Å²) in [5, 5.41) is 7.96. The van der Waals surface area contributed by atoms with E-state index >= 15 is 0 Å². The molecule has 0 atom stereocenters. The van der Waals surface area contributed by atoms with E-state index in [9.17, 15) is 0 Å². The maximum Gasteiger partial charge on any atom is 0.0638 e. The first kappa shape index (κ1) is 13.2. The summed E-state index contributed by atoms with van der Waals surface area (Å²) >= 11 is 0. The molecule has 1 aromatic heterocycles. The van der Waals surface area contributed by atoms with Gasteiger partial charge in [0.15, 0.2) is 0 Å². The Morgan fingerprint density at radius 2 is 2.19 bits per heavy atom. The van der Waals surface area contributed by atoms with Gasteiger partial charge in [-0.05, 0) is 32.2 Å². The van der Waals surface area contributed by atoms with Crippen LogP contribution < -0.4 is 5.32 Å². The van der Waals surface area contributed by atoms with Crippen molar-refractivity contribution in [1.82, 2.24) is 15.1 Å². The highest BCUT2D eigenvalue weighted by molar-refractivity contribution is 5.14. The van der Waals surface area contributed by atoms with Gasteiger partial charge in [0.2, 0.25) is 0 Å². The van der Waals surface area contributed by atoms with E-state index in [1.54, 1.807) is 0 Å². The molecule has 3 heteroatoms. The van der Waals surface area contributed by atoms with Crippen LogP contribution in [-0.4, -0.2) is 16.3 Å². The Morgan fingerprint density at radius 1 is 1.44 bits per heavy atom. The van der Waals surface area contributed by atoms with Crippen molar-refractivity contribution in [2.45, 2.75) is 53.6 Å². The summed E-state index contributed by atoms with van der Waals surface area (Å²) in [4.78, 5) is 0. The second-order valence-electron chi connectivity index (χ2n) is 4.86. The lowest BCUT2D eigenvalue weighted by molar-refractivity contribution is 0.485. The molecular weight excluding hydrogens is 198 g/mol. The van der Waals surface area contributed by atoms with Crippen LogP contribution in [0.1, 0.15) is 44.9 Å². The summed E-state index contributed by atoms with van der Waals surface area (Å²) in [5.41, 5.74) is 2.49. The SMILES string of the molecule is CCCNCc1cn(CCC(C)C)nc1C. The number of hydrogen-bond donors (Lipinski definition) is 1. The Morgan fingerprint density at radius 3 is 2.81 bits per heavy atom. The van der Waals surface area contributed by atoms with Gasteiger partial charge in [0.05, 0.1) is 5.69 Å². The Bertz CT molecular complexity index is 302. The molecule has 0 aliphatic carbocycles. The molecule has 1 rings (SSSR count). The number of hydrogen-bond acceptors (Lipinski definition) is 2. The third-order valence-electron chi connectivity index (χ3n) is 2.73. The topological polar surface area (TPSA) is 29.9 Å². The molecule has 0 bridgehead atoms. The molecule has 0 aromatic carbocycles. The zero-order valence-corrected chi connectivity index (χ0v) is 11.1. The normalized spacial score (nSPS) is 11.3. The molecule has 1 aromatic rings. The van der Waals surface area contributed by atoms with Crippen LogP contribution in [0.3, 0.4) is 0 Å². The van der Waals surface area contributed by atoms with Crippen LogP contribution in [0.4, 0.5) is 0 Å². The van der Waals surface area contributed by atoms with Crippen LogP contribution in [0.15, 0.2) is 6.20 Å². The summed E-state index contributed by atoms with van der Waals surface area (Å²) < 4.78 is 2.08. The van der Waals surface area contributed by atoms with E-state index in [1.807, 2.05) is 0 Å². The minimum atomic E-state index is 0.742. The van der Waals surface area contributed by atoms with E-state index in [4.69, 9.17) is 0 Å². The lowest BCUT2D eigenvalue weighted by Gasteiger charge is -2.03. The maximum atomic E-state index is 4.54. The largest absolute Gasteiger partial charge is 0.313 e. The van der Waals surface area contributed by atoms with Crippen molar-refractivity contribution in [3.8, 4) is 0 Å². The Kier molecular flexibility index (Phi) is 5.53. The van der Waals surface area contributed by atoms with Crippen molar-refractivity contribution < 1.29 is 0 Å². The predicted molar refractivity (Wildman–Crippen MR) is 68.4 cm³/mol. The van der Waals surface area contributed by atoms with E-state index in [0.29, 0.717) is 0 Å². The zero-order chi connectivity index (χ0) is 12.0.